The van der Waals surface area contributed by atoms with Crippen LogP contribution < -0.4 is 15.1 Å². The standard InChI is InChI=1S/C20H24ClN5O/c21-16-4-3-7-18(12-16)25-8-10-26(11-9-25)20-22-13-15(14-23-20)19(27)24-17-5-1-2-6-17/h3-4,7,12-14,17H,1-2,5-6,8-11H2,(H,24,27). The van der Waals surface area contributed by atoms with Crippen LogP contribution in [-0.2, 0) is 0 Å². The van der Waals surface area contributed by atoms with Crippen LogP contribution in [0.3, 0.4) is 0 Å². The topological polar surface area (TPSA) is 61.4 Å². The van der Waals surface area contributed by atoms with E-state index in [-0.39, 0.29) is 5.91 Å². The minimum Gasteiger partial charge on any atom is -0.368 e. The summed E-state index contributed by atoms with van der Waals surface area (Å²) in [5.74, 6) is 0.609. The van der Waals surface area contributed by atoms with Gasteiger partial charge in [-0.2, -0.15) is 0 Å². The first kappa shape index (κ1) is 18.0. The number of piperazine rings is 1. The molecule has 0 radical (unpaired) electrons. The number of nitrogens with zero attached hydrogens (tertiary/aromatic N) is 4. The highest BCUT2D eigenvalue weighted by Gasteiger charge is 2.21. The first-order valence-corrected chi connectivity index (χ1v) is 9.95. The molecule has 1 aromatic heterocycles. The molecule has 1 saturated carbocycles. The Hall–Kier alpha value is -2.34. The molecule has 0 unspecified atom stereocenters. The molecular weight excluding hydrogens is 362 g/mol. The van der Waals surface area contributed by atoms with Gasteiger partial charge in [-0.25, -0.2) is 9.97 Å². The van der Waals surface area contributed by atoms with Crippen molar-refractivity contribution in [2.24, 2.45) is 0 Å². The second kappa shape index (κ2) is 8.13. The second-order valence-corrected chi connectivity index (χ2v) is 7.62. The number of aromatic nitrogens is 2. The lowest BCUT2D eigenvalue weighted by Crippen LogP contribution is -2.47. The Morgan fingerprint density at radius 3 is 2.37 bits per heavy atom. The quantitative estimate of drug-likeness (QED) is 0.876. The van der Waals surface area contributed by atoms with Crippen molar-refractivity contribution in [3.05, 3.63) is 47.2 Å². The van der Waals surface area contributed by atoms with E-state index in [2.05, 4.69) is 31.2 Å². The summed E-state index contributed by atoms with van der Waals surface area (Å²) in [6.07, 6.45) is 7.80. The summed E-state index contributed by atoms with van der Waals surface area (Å²) in [6.45, 7) is 3.43. The minimum absolute atomic E-state index is 0.0702. The van der Waals surface area contributed by atoms with E-state index in [4.69, 9.17) is 11.6 Å². The molecule has 0 spiro atoms. The van der Waals surface area contributed by atoms with Crippen LogP contribution in [0.2, 0.25) is 5.02 Å². The lowest BCUT2D eigenvalue weighted by Gasteiger charge is -2.36. The molecule has 1 aromatic carbocycles. The van der Waals surface area contributed by atoms with Crippen LogP contribution in [0.25, 0.3) is 0 Å². The first-order valence-electron chi connectivity index (χ1n) is 9.57. The zero-order valence-electron chi connectivity index (χ0n) is 15.3. The van der Waals surface area contributed by atoms with Gasteiger partial charge in [0.25, 0.3) is 5.91 Å². The molecular formula is C20H24ClN5O. The lowest BCUT2D eigenvalue weighted by molar-refractivity contribution is 0.0937. The lowest BCUT2D eigenvalue weighted by atomic mass is 10.2. The largest absolute Gasteiger partial charge is 0.368 e. The van der Waals surface area contributed by atoms with E-state index in [1.807, 2.05) is 18.2 Å². The summed E-state index contributed by atoms with van der Waals surface area (Å²) in [5, 5.41) is 3.83. The van der Waals surface area contributed by atoms with E-state index in [9.17, 15) is 4.79 Å². The van der Waals surface area contributed by atoms with Gasteiger partial charge in [-0.05, 0) is 31.0 Å². The van der Waals surface area contributed by atoms with E-state index in [0.29, 0.717) is 17.6 Å². The van der Waals surface area contributed by atoms with Crippen LogP contribution in [0, 0.1) is 0 Å². The fourth-order valence-corrected chi connectivity index (χ4v) is 3.96. The first-order chi connectivity index (χ1) is 13.2. The molecule has 6 nitrogen and oxygen atoms in total. The van der Waals surface area contributed by atoms with Gasteiger partial charge in [-0.3, -0.25) is 4.79 Å². The van der Waals surface area contributed by atoms with Crippen LogP contribution in [0.5, 0.6) is 0 Å². The summed E-state index contributed by atoms with van der Waals surface area (Å²) in [5.41, 5.74) is 1.67. The van der Waals surface area contributed by atoms with Gasteiger partial charge in [-0.1, -0.05) is 30.5 Å². The van der Waals surface area contributed by atoms with Gasteiger partial charge in [-0.15, -0.1) is 0 Å². The molecule has 7 heteroatoms. The summed E-state index contributed by atoms with van der Waals surface area (Å²) in [6, 6.07) is 8.24. The smallest absolute Gasteiger partial charge is 0.254 e. The maximum atomic E-state index is 12.3. The van der Waals surface area contributed by atoms with Gasteiger partial charge in [0, 0.05) is 55.3 Å². The van der Waals surface area contributed by atoms with Crippen molar-refractivity contribution in [2.45, 2.75) is 31.7 Å². The number of hydrogen-bond donors (Lipinski definition) is 1. The molecule has 1 aliphatic heterocycles. The molecule has 27 heavy (non-hydrogen) atoms. The van der Waals surface area contributed by atoms with E-state index in [1.54, 1.807) is 12.4 Å². The van der Waals surface area contributed by atoms with Crippen molar-refractivity contribution in [1.29, 1.82) is 0 Å². The van der Waals surface area contributed by atoms with Gasteiger partial charge in [0.15, 0.2) is 0 Å². The molecule has 4 rings (SSSR count). The molecule has 1 amide bonds. The van der Waals surface area contributed by atoms with Gasteiger partial charge >= 0.3 is 0 Å². The Balaban J connectivity index is 1.34. The summed E-state index contributed by atoms with van der Waals surface area (Å²) in [7, 11) is 0. The molecule has 0 bridgehead atoms. The number of rotatable bonds is 4. The molecule has 1 saturated heterocycles. The van der Waals surface area contributed by atoms with Crippen molar-refractivity contribution in [3.8, 4) is 0 Å². The molecule has 2 aromatic rings. The third kappa shape index (κ3) is 4.33. The van der Waals surface area contributed by atoms with Gasteiger partial charge in [0.05, 0.1) is 5.56 Å². The molecule has 1 aliphatic carbocycles. The SMILES string of the molecule is O=C(NC1CCCC1)c1cnc(N2CCN(c3cccc(Cl)c3)CC2)nc1. The number of carbonyl (C=O) groups is 1. The molecule has 2 heterocycles. The zero-order chi connectivity index (χ0) is 18.6. The molecule has 2 fully saturated rings. The van der Waals surface area contributed by atoms with Crippen molar-refractivity contribution in [2.75, 3.05) is 36.0 Å². The normalized spacial score (nSPS) is 18.0. The summed E-state index contributed by atoms with van der Waals surface area (Å²) < 4.78 is 0. The molecule has 1 N–H and O–H groups in total. The Bertz CT molecular complexity index is 783. The fraction of sp³-hybridized carbons (Fsp3) is 0.450. The third-order valence-corrected chi connectivity index (χ3v) is 5.56. The van der Waals surface area contributed by atoms with E-state index in [0.717, 1.165) is 49.7 Å². The minimum atomic E-state index is -0.0702. The van der Waals surface area contributed by atoms with E-state index < -0.39 is 0 Å². The maximum Gasteiger partial charge on any atom is 0.254 e. The summed E-state index contributed by atoms with van der Waals surface area (Å²) in [4.78, 5) is 25.6. The Morgan fingerprint density at radius 1 is 1.04 bits per heavy atom. The summed E-state index contributed by atoms with van der Waals surface area (Å²) >= 11 is 6.09. The van der Waals surface area contributed by atoms with Crippen LogP contribution in [0.1, 0.15) is 36.0 Å². The van der Waals surface area contributed by atoms with Crippen molar-refractivity contribution in [3.63, 3.8) is 0 Å². The number of amides is 1. The number of halogens is 1. The number of anilines is 2. The number of benzene rings is 1. The Morgan fingerprint density at radius 2 is 1.70 bits per heavy atom. The molecule has 0 atom stereocenters. The zero-order valence-corrected chi connectivity index (χ0v) is 16.0. The highest BCUT2D eigenvalue weighted by Crippen LogP contribution is 2.22. The highest BCUT2D eigenvalue weighted by atomic mass is 35.5. The average molecular weight is 386 g/mol. The van der Waals surface area contributed by atoms with E-state index in [1.165, 1.54) is 12.8 Å². The van der Waals surface area contributed by atoms with Crippen molar-refractivity contribution in [1.82, 2.24) is 15.3 Å². The van der Waals surface area contributed by atoms with Crippen LogP contribution in [0.4, 0.5) is 11.6 Å². The number of nitrogens with one attached hydrogen (secondary N) is 1. The fourth-order valence-electron chi connectivity index (χ4n) is 3.78. The number of carbonyl (C=O) groups excluding carboxylic acids is 1. The second-order valence-electron chi connectivity index (χ2n) is 7.18. The predicted octanol–water partition coefficient (Wildman–Crippen LogP) is 3.13. The maximum absolute atomic E-state index is 12.3. The third-order valence-electron chi connectivity index (χ3n) is 5.33. The van der Waals surface area contributed by atoms with Crippen LogP contribution >= 0.6 is 11.6 Å². The average Bonchev–Trinajstić information content (AvgIpc) is 3.21. The predicted molar refractivity (Wildman–Crippen MR) is 108 cm³/mol. The monoisotopic (exact) mass is 385 g/mol. The van der Waals surface area contributed by atoms with Crippen LogP contribution in [-0.4, -0.2) is 48.1 Å². The number of hydrogen-bond acceptors (Lipinski definition) is 5. The van der Waals surface area contributed by atoms with Crippen LogP contribution in [0.15, 0.2) is 36.7 Å². The Labute approximate surface area is 164 Å². The van der Waals surface area contributed by atoms with Gasteiger partial charge < -0.3 is 15.1 Å². The Kier molecular flexibility index (Phi) is 5.43. The molecule has 142 valence electrons. The highest BCUT2D eigenvalue weighted by molar-refractivity contribution is 6.30. The van der Waals surface area contributed by atoms with Crippen molar-refractivity contribution < 1.29 is 4.79 Å². The van der Waals surface area contributed by atoms with E-state index >= 15 is 0 Å². The van der Waals surface area contributed by atoms with Gasteiger partial charge in [0.1, 0.15) is 0 Å². The molecule has 2 aliphatic rings. The van der Waals surface area contributed by atoms with Crippen molar-refractivity contribution >= 4 is 29.1 Å². The van der Waals surface area contributed by atoms with Gasteiger partial charge in [0.2, 0.25) is 5.95 Å².